The molecule has 2 rings (SSSR count). The molecule has 2 aliphatic heterocycles. The minimum Gasteiger partial charge on any atom is -0.377 e. The zero-order valence-corrected chi connectivity index (χ0v) is 8.62. The summed E-state index contributed by atoms with van der Waals surface area (Å²) < 4.78 is 0. The molecule has 0 aromatic heterocycles. The van der Waals surface area contributed by atoms with Crippen LogP contribution in [-0.2, 0) is 0 Å². The Kier molecular flexibility index (Phi) is 2.44. The normalized spacial score (nSPS) is 30.1. The second-order valence-corrected chi connectivity index (χ2v) is 3.80. The molecule has 0 aromatic carbocycles. The summed E-state index contributed by atoms with van der Waals surface area (Å²) in [4.78, 5) is 0. The van der Waals surface area contributed by atoms with Crippen molar-refractivity contribution in [1.29, 1.82) is 0 Å². The molecule has 0 radical (unpaired) electrons. The highest BCUT2D eigenvalue weighted by molar-refractivity contribution is 5.39. The Hall–Kier alpha value is -1.44. The van der Waals surface area contributed by atoms with Crippen LogP contribution in [0.2, 0.25) is 0 Å². The predicted molar refractivity (Wildman–Crippen MR) is 59.6 cm³/mol. The van der Waals surface area contributed by atoms with E-state index in [1.807, 2.05) is 0 Å². The Morgan fingerprint density at radius 2 is 1.29 bits per heavy atom. The number of nitrogens with one attached hydrogen (secondary N) is 2. The molecule has 0 aromatic rings. The zero-order valence-electron chi connectivity index (χ0n) is 8.62. The summed E-state index contributed by atoms with van der Waals surface area (Å²) >= 11 is 0. The van der Waals surface area contributed by atoms with Gasteiger partial charge in [0.2, 0.25) is 0 Å². The van der Waals surface area contributed by atoms with Gasteiger partial charge in [-0.3, -0.25) is 0 Å². The minimum atomic E-state index is 0.416. The Morgan fingerprint density at radius 1 is 0.857 bits per heavy atom. The van der Waals surface area contributed by atoms with Crippen molar-refractivity contribution in [3.05, 3.63) is 47.9 Å². The van der Waals surface area contributed by atoms with Crippen molar-refractivity contribution >= 4 is 0 Å². The lowest BCUT2D eigenvalue weighted by Crippen LogP contribution is -2.34. The predicted octanol–water partition coefficient (Wildman–Crippen LogP) is 1.85. The van der Waals surface area contributed by atoms with Crippen LogP contribution < -0.4 is 10.6 Å². The van der Waals surface area contributed by atoms with E-state index in [1.54, 1.807) is 0 Å². The van der Waals surface area contributed by atoms with Crippen molar-refractivity contribution in [2.24, 2.45) is 0 Å². The van der Waals surface area contributed by atoms with Gasteiger partial charge >= 0.3 is 0 Å². The lowest BCUT2D eigenvalue weighted by molar-refractivity contribution is 0.665. The molecule has 0 fully saturated rings. The van der Waals surface area contributed by atoms with Gasteiger partial charge in [0.15, 0.2) is 0 Å². The highest BCUT2D eigenvalue weighted by atomic mass is 15.0. The van der Waals surface area contributed by atoms with Crippen molar-refractivity contribution in [3.63, 3.8) is 0 Å². The second kappa shape index (κ2) is 3.74. The molecule has 14 heavy (non-hydrogen) atoms. The number of dihydropyridines is 2. The molecule has 0 spiro atoms. The van der Waals surface area contributed by atoms with Crippen molar-refractivity contribution in [2.45, 2.75) is 25.9 Å². The van der Waals surface area contributed by atoms with Gasteiger partial charge in [-0.15, -0.1) is 0 Å². The second-order valence-electron chi connectivity index (χ2n) is 3.80. The van der Waals surface area contributed by atoms with E-state index in [1.165, 1.54) is 11.4 Å². The highest BCUT2D eigenvalue weighted by Gasteiger charge is 2.12. The first kappa shape index (κ1) is 9.13. The molecular weight excluding hydrogens is 172 g/mol. The van der Waals surface area contributed by atoms with Gasteiger partial charge in [-0.1, -0.05) is 24.3 Å². The third kappa shape index (κ3) is 1.90. The maximum atomic E-state index is 3.42. The van der Waals surface area contributed by atoms with Crippen LogP contribution in [0, 0.1) is 0 Å². The molecule has 0 aliphatic carbocycles. The smallest absolute Gasteiger partial charge is 0.0580 e. The van der Waals surface area contributed by atoms with Crippen LogP contribution in [0.3, 0.4) is 0 Å². The molecule has 2 aliphatic rings. The van der Waals surface area contributed by atoms with Gasteiger partial charge in [0, 0.05) is 12.1 Å². The van der Waals surface area contributed by atoms with Gasteiger partial charge < -0.3 is 10.6 Å². The summed E-state index contributed by atoms with van der Waals surface area (Å²) in [6.45, 7) is 4.29. The van der Waals surface area contributed by atoms with Gasteiger partial charge in [-0.05, 0) is 26.0 Å². The topological polar surface area (TPSA) is 24.1 Å². The molecule has 2 nitrogen and oxygen atoms in total. The minimum absolute atomic E-state index is 0.416. The fraction of sp³-hybridized carbons (Fsp3) is 0.333. The molecule has 2 N–H and O–H groups in total. The SMILES string of the molecule is CC1C=CC=C(C2=CC=CC(C)N2)N1. The molecule has 0 bridgehead atoms. The largest absolute Gasteiger partial charge is 0.377 e. The molecule has 0 amide bonds. The molecule has 74 valence electrons. The Labute approximate surface area is 85.1 Å². The molecule has 2 atom stereocenters. The van der Waals surface area contributed by atoms with E-state index >= 15 is 0 Å². The fourth-order valence-corrected chi connectivity index (χ4v) is 1.65. The van der Waals surface area contributed by atoms with Crippen LogP contribution in [0.25, 0.3) is 0 Å². The van der Waals surface area contributed by atoms with Crippen LogP contribution in [0.1, 0.15) is 13.8 Å². The molecule has 2 heterocycles. The number of hydrogen-bond acceptors (Lipinski definition) is 2. The van der Waals surface area contributed by atoms with Crippen molar-refractivity contribution in [2.75, 3.05) is 0 Å². The summed E-state index contributed by atoms with van der Waals surface area (Å²) in [6.07, 6.45) is 12.7. The van der Waals surface area contributed by atoms with E-state index in [0.29, 0.717) is 12.1 Å². The zero-order chi connectivity index (χ0) is 9.97. The monoisotopic (exact) mass is 188 g/mol. The van der Waals surface area contributed by atoms with E-state index in [0.717, 1.165) is 0 Å². The first-order valence-corrected chi connectivity index (χ1v) is 5.06. The maximum Gasteiger partial charge on any atom is 0.0580 e. The standard InChI is InChI=1S/C12H16N2/c1-9-5-3-7-11(13-9)12-8-4-6-10(2)14-12/h3-10,13-14H,1-2H3. The lowest BCUT2D eigenvalue weighted by atomic mass is 10.1. The molecular formula is C12H16N2. The lowest BCUT2D eigenvalue weighted by Gasteiger charge is -2.24. The van der Waals surface area contributed by atoms with Crippen LogP contribution in [0.4, 0.5) is 0 Å². The van der Waals surface area contributed by atoms with Crippen molar-refractivity contribution in [1.82, 2.24) is 10.6 Å². The third-order valence-corrected chi connectivity index (χ3v) is 2.38. The van der Waals surface area contributed by atoms with E-state index in [-0.39, 0.29) is 0 Å². The molecule has 2 unspecified atom stereocenters. The van der Waals surface area contributed by atoms with E-state index in [4.69, 9.17) is 0 Å². The summed E-state index contributed by atoms with van der Waals surface area (Å²) in [6, 6.07) is 0.831. The van der Waals surface area contributed by atoms with Crippen LogP contribution >= 0.6 is 0 Å². The highest BCUT2D eigenvalue weighted by Crippen LogP contribution is 2.13. The fourth-order valence-electron chi connectivity index (χ4n) is 1.65. The first-order chi connectivity index (χ1) is 6.75. The molecule has 0 saturated carbocycles. The Morgan fingerprint density at radius 3 is 1.64 bits per heavy atom. The summed E-state index contributed by atoms with van der Waals surface area (Å²) in [7, 11) is 0. The van der Waals surface area contributed by atoms with E-state index in [2.05, 4.69) is 60.9 Å². The summed E-state index contributed by atoms with van der Waals surface area (Å²) in [5.74, 6) is 0. The van der Waals surface area contributed by atoms with Crippen molar-refractivity contribution < 1.29 is 0 Å². The Bertz CT molecular complexity index is 300. The average Bonchev–Trinajstić information content (AvgIpc) is 2.18. The average molecular weight is 188 g/mol. The van der Waals surface area contributed by atoms with Crippen LogP contribution in [0.5, 0.6) is 0 Å². The van der Waals surface area contributed by atoms with Crippen LogP contribution in [-0.4, -0.2) is 12.1 Å². The Balaban J connectivity index is 2.16. The van der Waals surface area contributed by atoms with E-state index < -0.39 is 0 Å². The number of hydrogen-bond donors (Lipinski definition) is 2. The third-order valence-electron chi connectivity index (χ3n) is 2.38. The van der Waals surface area contributed by atoms with Gasteiger partial charge in [-0.2, -0.15) is 0 Å². The van der Waals surface area contributed by atoms with Gasteiger partial charge in [-0.25, -0.2) is 0 Å². The molecule has 0 saturated heterocycles. The first-order valence-electron chi connectivity index (χ1n) is 5.06. The van der Waals surface area contributed by atoms with Crippen LogP contribution in [0.15, 0.2) is 47.9 Å². The van der Waals surface area contributed by atoms with Gasteiger partial charge in [0.1, 0.15) is 0 Å². The van der Waals surface area contributed by atoms with E-state index in [9.17, 15) is 0 Å². The van der Waals surface area contributed by atoms with Gasteiger partial charge in [0.05, 0.1) is 11.4 Å². The molecule has 2 heteroatoms. The van der Waals surface area contributed by atoms with Gasteiger partial charge in [0.25, 0.3) is 0 Å². The number of rotatable bonds is 1. The summed E-state index contributed by atoms with van der Waals surface area (Å²) in [5.41, 5.74) is 2.35. The number of allylic oxidation sites excluding steroid dienone is 4. The quantitative estimate of drug-likeness (QED) is 0.656. The maximum absolute atomic E-state index is 3.42. The van der Waals surface area contributed by atoms with Crippen molar-refractivity contribution in [3.8, 4) is 0 Å². The summed E-state index contributed by atoms with van der Waals surface area (Å²) in [5, 5.41) is 6.83.